The van der Waals surface area contributed by atoms with E-state index in [-0.39, 0.29) is 17.6 Å². The van der Waals surface area contributed by atoms with Crippen LogP contribution in [-0.2, 0) is 11.3 Å². The number of hydrogen-bond acceptors (Lipinski definition) is 8. The zero-order valence-electron chi connectivity index (χ0n) is 14.7. The Labute approximate surface area is 159 Å². The molecule has 27 heavy (non-hydrogen) atoms. The van der Waals surface area contributed by atoms with Crippen molar-refractivity contribution in [2.75, 3.05) is 20.3 Å². The highest BCUT2D eigenvalue weighted by Gasteiger charge is 2.31. The first-order valence-corrected chi connectivity index (χ1v) is 9.39. The van der Waals surface area contributed by atoms with Gasteiger partial charge in [0, 0.05) is 23.6 Å². The van der Waals surface area contributed by atoms with E-state index in [0.717, 1.165) is 17.0 Å². The topological polar surface area (TPSA) is 91.2 Å². The lowest BCUT2D eigenvalue weighted by molar-refractivity contribution is 0.181. The van der Waals surface area contributed by atoms with E-state index in [0.29, 0.717) is 25.5 Å². The molecule has 1 fully saturated rings. The van der Waals surface area contributed by atoms with E-state index >= 15 is 0 Å². The number of aromatic nitrogens is 4. The molecule has 4 rings (SSSR count). The van der Waals surface area contributed by atoms with Gasteiger partial charge in [-0.2, -0.15) is 5.10 Å². The highest BCUT2D eigenvalue weighted by Crippen LogP contribution is 2.23. The molecule has 2 aromatic heterocycles. The molecule has 1 aliphatic rings. The molecular formula is C18H19N5O3S. The van der Waals surface area contributed by atoms with Crippen LogP contribution in [0.25, 0.3) is 11.3 Å². The average molecular weight is 385 g/mol. The normalized spacial score (nSPS) is 19.3. The second-order valence-electron chi connectivity index (χ2n) is 6.22. The first-order valence-electron chi connectivity index (χ1n) is 8.56. The number of benzene rings is 1. The van der Waals surface area contributed by atoms with Crippen LogP contribution in [0.3, 0.4) is 0 Å². The Morgan fingerprint density at radius 3 is 3.07 bits per heavy atom. The minimum absolute atomic E-state index is 0.0301. The summed E-state index contributed by atoms with van der Waals surface area (Å²) in [5.74, 6) is 0.743. The molecule has 1 aliphatic heterocycles. The van der Waals surface area contributed by atoms with Crippen LogP contribution in [0, 0.1) is 0 Å². The fraction of sp³-hybridized carbons (Fsp3) is 0.333. The van der Waals surface area contributed by atoms with Crippen molar-refractivity contribution < 1.29 is 9.47 Å². The van der Waals surface area contributed by atoms with Crippen molar-refractivity contribution in [3.05, 3.63) is 57.8 Å². The van der Waals surface area contributed by atoms with Crippen LogP contribution in [-0.4, -0.2) is 45.7 Å². The van der Waals surface area contributed by atoms with E-state index in [1.54, 1.807) is 19.2 Å². The van der Waals surface area contributed by atoms with Crippen molar-refractivity contribution in [3.8, 4) is 17.0 Å². The Kier molecular flexibility index (Phi) is 5.23. The van der Waals surface area contributed by atoms with E-state index < -0.39 is 0 Å². The highest BCUT2D eigenvalue weighted by atomic mass is 32.1. The summed E-state index contributed by atoms with van der Waals surface area (Å²) in [5, 5.41) is 13.9. The molecule has 140 valence electrons. The summed E-state index contributed by atoms with van der Waals surface area (Å²) >= 11 is 1.31. The molecule has 2 unspecified atom stereocenters. The van der Waals surface area contributed by atoms with Crippen molar-refractivity contribution in [1.29, 1.82) is 0 Å². The van der Waals surface area contributed by atoms with E-state index in [2.05, 4.69) is 20.0 Å². The van der Waals surface area contributed by atoms with Gasteiger partial charge in [-0.3, -0.25) is 4.79 Å². The maximum Gasteiger partial charge on any atom is 0.267 e. The van der Waals surface area contributed by atoms with Crippen molar-refractivity contribution in [1.82, 2.24) is 24.7 Å². The van der Waals surface area contributed by atoms with Gasteiger partial charge in [0.05, 0.1) is 43.8 Å². The maximum atomic E-state index is 12.5. The van der Waals surface area contributed by atoms with E-state index in [9.17, 15) is 4.79 Å². The van der Waals surface area contributed by atoms with Gasteiger partial charge < -0.3 is 14.8 Å². The summed E-state index contributed by atoms with van der Waals surface area (Å²) in [4.78, 5) is 12.5. The van der Waals surface area contributed by atoms with Gasteiger partial charge in [0.2, 0.25) is 0 Å². The molecule has 3 heterocycles. The molecule has 8 nitrogen and oxygen atoms in total. The van der Waals surface area contributed by atoms with Crippen molar-refractivity contribution in [2.24, 2.45) is 0 Å². The Bertz CT molecular complexity index is 960. The fourth-order valence-corrected chi connectivity index (χ4v) is 3.53. The van der Waals surface area contributed by atoms with Crippen LogP contribution < -0.4 is 15.6 Å². The minimum Gasteiger partial charge on any atom is -0.497 e. The Balaban J connectivity index is 1.59. The SMILES string of the molecule is COc1cccc(-c2ccc(=O)n(C3COCC3NCc3csnn3)n2)c1. The molecule has 1 aromatic carbocycles. The molecule has 1 saturated heterocycles. The Morgan fingerprint density at radius 2 is 2.26 bits per heavy atom. The molecule has 0 amide bonds. The van der Waals surface area contributed by atoms with Gasteiger partial charge in [0.25, 0.3) is 5.56 Å². The maximum absolute atomic E-state index is 12.5. The van der Waals surface area contributed by atoms with Gasteiger partial charge in [-0.15, -0.1) is 5.10 Å². The number of nitrogens with zero attached hydrogens (tertiary/aromatic N) is 4. The zero-order chi connectivity index (χ0) is 18.6. The molecular weight excluding hydrogens is 366 g/mol. The summed E-state index contributed by atoms with van der Waals surface area (Å²) in [6.45, 7) is 1.52. The monoisotopic (exact) mass is 385 g/mol. The number of hydrogen-bond donors (Lipinski definition) is 1. The smallest absolute Gasteiger partial charge is 0.267 e. The summed E-state index contributed by atoms with van der Waals surface area (Å²) in [7, 11) is 1.62. The average Bonchev–Trinajstić information content (AvgIpc) is 3.38. The molecule has 0 radical (unpaired) electrons. The van der Waals surface area contributed by atoms with Crippen LogP contribution >= 0.6 is 11.5 Å². The van der Waals surface area contributed by atoms with Crippen LogP contribution in [0.1, 0.15) is 11.7 Å². The van der Waals surface area contributed by atoms with Gasteiger partial charge in [-0.05, 0) is 29.7 Å². The van der Waals surface area contributed by atoms with Crippen LogP contribution in [0.2, 0.25) is 0 Å². The second kappa shape index (κ2) is 7.95. The molecule has 2 atom stereocenters. The third-order valence-corrected chi connectivity index (χ3v) is 5.06. The molecule has 1 N–H and O–H groups in total. The van der Waals surface area contributed by atoms with E-state index in [4.69, 9.17) is 9.47 Å². The summed E-state index contributed by atoms with van der Waals surface area (Å²) in [6.07, 6.45) is 0. The largest absolute Gasteiger partial charge is 0.497 e. The third-order valence-electron chi connectivity index (χ3n) is 4.51. The van der Waals surface area contributed by atoms with Gasteiger partial charge in [0.15, 0.2) is 0 Å². The Hall–Kier alpha value is -2.62. The minimum atomic E-state index is -0.186. The lowest BCUT2D eigenvalue weighted by Gasteiger charge is -2.20. The standard InChI is InChI=1S/C18H19N5O3S/c1-25-14-4-2-3-12(7-14)15-5-6-18(24)23(21-15)17-10-26-9-16(17)19-8-13-11-27-22-20-13/h2-7,11,16-17,19H,8-10H2,1H3. The molecule has 3 aromatic rings. The van der Waals surface area contributed by atoms with Crippen LogP contribution in [0.5, 0.6) is 5.75 Å². The highest BCUT2D eigenvalue weighted by molar-refractivity contribution is 7.03. The molecule has 0 aliphatic carbocycles. The van der Waals surface area contributed by atoms with E-state index in [1.807, 2.05) is 29.6 Å². The summed E-state index contributed by atoms with van der Waals surface area (Å²) in [5.41, 5.74) is 2.32. The van der Waals surface area contributed by atoms with Crippen molar-refractivity contribution in [3.63, 3.8) is 0 Å². The predicted molar refractivity (Wildman–Crippen MR) is 101 cm³/mol. The molecule has 0 saturated carbocycles. The van der Waals surface area contributed by atoms with Crippen LogP contribution in [0.4, 0.5) is 0 Å². The zero-order valence-corrected chi connectivity index (χ0v) is 15.6. The van der Waals surface area contributed by atoms with Crippen LogP contribution in [0.15, 0.2) is 46.6 Å². The number of methoxy groups -OCH3 is 1. The molecule has 0 spiro atoms. The van der Waals surface area contributed by atoms with Gasteiger partial charge >= 0.3 is 0 Å². The van der Waals surface area contributed by atoms with Gasteiger partial charge in [0.1, 0.15) is 5.75 Å². The van der Waals surface area contributed by atoms with Gasteiger partial charge in [-0.1, -0.05) is 16.6 Å². The summed E-state index contributed by atoms with van der Waals surface area (Å²) < 4.78 is 16.3. The van der Waals surface area contributed by atoms with Gasteiger partial charge in [-0.25, -0.2) is 4.68 Å². The lowest BCUT2D eigenvalue weighted by atomic mass is 10.1. The van der Waals surface area contributed by atoms with Crippen molar-refractivity contribution >= 4 is 11.5 Å². The second-order valence-corrected chi connectivity index (χ2v) is 6.83. The predicted octanol–water partition coefficient (Wildman–Crippen LogP) is 1.50. The molecule has 0 bridgehead atoms. The molecule has 9 heteroatoms. The Morgan fingerprint density at radius 1 is 1.33 bits per heavy atom. The lowest BCUT2D eigenvalue weighted by Crippen LogP contribution is -2.41. The first kappa shape index (κ1) is 17.8. The van der Waals surface area contributed by atoms with Crippen molar-refractivity contribution in [2.45, 2.75) is 18.6 Å². The summed E-state index contributed by atoms with van der Waals surface area (Å²) in [6, 6.07) is 10.7. The third kappa shape index (κ3) is 3.90. The number of rotatable bonds is 6. The number of nitrogens with one attached hydrogen (secondary N) is 1. The fourth-order valence-electron chi connectivity index (χ4n) is 3.07. The number of ether oxygens (including phenoxy) is 2. The van der Waals surface area contributed by atoms with E-state index in [1.165, 1.54) is 16.2 Å². The quantitative estimate of drug-likeness (QED) is 0.687. The first-order chi connectivity index (χ1) is 13.2.